The van der Waals surface area contributed by atoms with Crippen LogP contribution in [0.15, 0.2) is 36.4 Å². The first-order valence-electron chi connectivity index (χ1n) is 13.1. The Labute approximate surface area is 212 Å². The van der Waals surface area contributed by atoms with Crippen molar-refractivity contribution in [3.8, 4) is 5.75 Å². The van der Waals surface area contributed by atoms with Crippen LogP contribution in [0.5, 0.6) is 5.75 Å². The molecule has 0 unspecified atom stereocenters. The number of amides is 1. The Morgan fingerprint density at radius 3 is 1.97 bits per heavy atom. The summed E-state index contributed by atoms with van der Waals surface area (Å²) in [7, 11) is -3.71. The van der Waals surface area contributed by atoms with E-state index in [2.05, 4.69) is 12.2 Å². The van der Waals surface area contributed by atoms with Crippen molar-refractivity contribution in [2.45, 2.75) is 97.2 Å². The van der Waals surface area contributed by atoms with Gasteiger partial charge in [0.2, 0.25) is 5.91 Å². The number of sulfone groups is 1. The average Bonchev–Trinajstić information content (AvgIpc) is 2.83. The Bertz CT molecular complexity index is 1050. The zero-order valence-electron chi connectivity index (χ0n) is 21.9. The zero-order chi connectivity index (χ0) is 25.8. The van der Waals surface area contributed by atoms with E-state index in [1.807, 2.05) is 6.07 Å². The third kappa shape index (κ3) is 8.68. The third-order valence-electron chi connectivity index (χ3n) is 6.80. The Morgan fingerprint density at radius 1 is 0.857 bits per heavy atom. The second-order valence-electron chi connectivity index (χ2n) is 9.67. The minimum atomic E-state index is -3.71. The van der Waals surface area contributed by atoms with Crippen LogP contribution in [0, 0.1) is 20.8 Å². The molecule has 1 atom stereocenters. The van der Waals surface area contributed by atoms with E-state index < -0.39 is 21.0 Å². The van der Waals surface area contributed by atoms with Crippen LogP contribution in [0.1, 0.15) is 98.6 Å². The molecule has 0 fully saturated rings. The van der Waals surface area contributed by atoms with Gasteiger partial charge in [-0.05, 0) is 55.5 Å². The number of benzene rings is 2. The number of unbranched alkanes of at least 4 members (excludes halogenated alkanes) is 9. The molecule has 0 saturated carbocycles. The maximum Gasteiger partial charge on any atom is 0.247 e. The standard InChI is InChI=1S/C29H43NO4S/c1-5-6-7-8-9-10-11-12-13-17-20-35(33,34)28(25-18-15-14-16-19-25)29(32)30-26-21-22(2)27(31)24(4)23(26)3/h14-16,18-19,21,28,31H,5-13,17,20H2,1-4H3,(H,30,32)/t28-/m0/s1. The predicted molar refractivity (Wildman–Crippen MR) is 146 cm³/mol. The number of phenolic OH excluding ortho intramolecular Hbond substituents is 1. The van der Waals surface area contributed by atoms with E-state index in [1.165, 1.54) is 38.5 Å². The first-order chi connectivity index (χ1) is 16.7. The van der Waals surface area contributed by atoms with Crippen molar-refractivity contribution in [2.75, 3.05) is 11.1 Å². The molecule has 2 rings (SSSR count). The molecule has 0 spiro atoms. The SMILES string of the molecule is CCCCCCCCCCCCS(=O)(=O)[C@H](C(=O)Nc1cc(C)c(O)c(C)c1C)c1ccccc1. The van der Waals surface area contributed by atoms with Crippen molar-refractivity contribution in [1.29, 1.82) is 0 Å². The summed E-state index contributed by atoms with van der Waals surface area (Å²) in [5.41, 5.74) is 3.03. The van der Waals surface area contributed by atoms with E-state index in [9.17, 15) is 18.3 Å². The highest BCUT2D eigenvalue weighted by atomic mass is 32.2. The van der Waals surface area contributed by atoms with Gasteiger partial charge in [-0.25, -0.2) is 8.42 Å². The topological polar surface area (TPSA) is 83.5 Å². The smallest absolute Gasteiger partial charge is 0.247 e. The molecule has 5 nitrogen and oxygen atoms in total. The monoisotopic (exact) mass is 501 g/mol. The second-order valence-corrected chi connectivity index (χ2v) is 11.9. The Kier molecular flexibility index (Phi) is 11.8. The number of anilines is 1. The van der Waals surface area contributed by atoms with E-state index in [0.717, 1.165) is 24.8 Å². The summed E-state index contributed by atoms with van der Waals surface area (Å²) in [6.45, 7) is 7.56. The van der Waals surface area contributed by atoms with Crippen LogP contribution in [0.4, 0.5) is 5.69 Å². The Hall–Kier alpha value is -2.34. The van der Waals surface area contributed by atoms with Gasteiger partial charge in [0.05, 0.1) is 5.75 Å². The maximum absolute atomic E-state index is 13.4. The minimum absolute atomic E-state index is 0.0108. The van der Waals surface area contributed by atoms with Gasteiger partial charge < -0.3 is 10.4 Å². The molecular formula is C29H43NO4S. The van der Waals surface area contributed by atoms with Gasteiger partial charge in [0.25, 0.3) is 0 Å². The number of aromatic hydroxyl groups is 1. The van der Waals surface area contributed by atoms with Gasteiger partial charge in [-0.3, -0.25) is 4.79 Å². The van der Waals surface area contributed by atoms with Crippen molar-refractivity contribution in [3.63, 3.8) is 0 Å². The molecule has 0 radical (unpaired) electrons. The molecule has 35 heavy (non-hydrogen) atoms. The summed E-state index contributed by atoms with van der Waals surface area (Å²) in [5, 5.41) is 11.7. The fourth-order valence-electron chi connectivity index (χ4n) is 4.45. The van der Waals surface area contributed by atoms with Crippen LogP contribution >= 0.6 is 0 Å². The number of carbonyl (C=O) groups is 1. The lowest BCUT2D eigenvalue weighted by Gasteiger charge is -2.20. The van der Waals surface area contributed by atoms with Crippen molar-refractivity contribution in [3.05, 3.63) is 58.7 Å². The predicted octanol–water partition coefficient (Wildman–Crippen LogP) is 7.33. The van der Waals surface area contributed by atoms with E-state index in [4.69, 9.17) is 0 Å². The molecule has 2 aromatic rings. The van der Waals surface area contributed by atoms with Gasteiger partial charge in [0, 0.05) is 5.69 Å². The molecule has 2 aromatic carbocycles. The molecule has 2 N–H and O–H groups in total. The van der Waals surface area contributed by atoms with Gasteiger partial charge in [-0.2, -0.15) is 0 Å². The molecule has 0 aliphatic carbocycles. The first-order valence-corrected chi connectivity index (χ1v) is 14.8. The molecule has 194 valence electrons. The van der Waals surface area contributed by atoms with Gasteiger partial charge in [0.1, 0.15) is 5.75 Å². The lowest BCUT2D eigenvalue weighted by Crippen LogP contribution is -2.30. The maximum atomic E-state index is 13.4. The van der Waals surface area contributed by atoms with E-state index in [1.54, 1.807) is 51.1 Å². The van der Waals surface area contributed by atoms with Gasteiger partial charge in [-0.1, -0.05) is 95.0 Å². The summed E-state index contributed by atoms with van der Waals surface area (Å²) in [6, 6.07) is 10.4. The van der Waals surface area contributed by atoms with Crippen LogP contribution in [-0.4, -0.2) is 25.2 Å². The summed E-state index contributed by atoms with van der Waals surface area (Å²) in [4.78, 5) is 13.3. The number of aryl methyl sites for hydroxylation is 1. The highest BCUT2D eigenvalue weighted by Crippen LogP contribution is 2.32. The highest BCUT2D eigenvalue weighted by molar-refractivity contribution is 7.92. The number of phenols is 1. The molecule has 0 bridgehead atoms. The zero-order valence-corrected chi connectivity index (χ0v) is 22.7. The van der Waals surface area contributed by atoms with E-state index in [-0.39, 0.29) is 11.5 Å². The average molecular weight is 502 g/mol. The third-order valence-corrected chi connectivity index (χ3v) is 8.86. The summed E-state index contributed by atoms with van der Waals surface area (Å²) >= 11 is 0. The molecule has 6 heteroatoms. The van der Waals surface area contributed by atoms with Crippen LogP contribution in [0.3, 0.4) is 0 Å². The minimum Gasteiger partial charge on any atom is -0.507 e. The number of nitrogens with one attached hydrogen (secondary N) is 1. The van der Waals surface area contributed by atoms with Crippen LogP contribution in [0.25, 0.3) is 0 Å². The largest absolute Gasteiger partial charge is 0.507 e. The molecule has 0 heterocycles. The second kappa shape index (κ2) is 14.3. The van der Waals surface area contributed by atoms with Crippen LogP contribution in [0.2, 0.25) is 0 Å². The fourth-order valence-corrected chi connectivity index (χ4v) is 6.25. The molecule has 0 saturated heterocycles. The van der Waals surface area contributed by atoms with Gasteiger partial charge in [-0.15, -0.1) is 0 Å². The van der Waals surface area contributed by atoms with Crippen molar-refractivity contribution in [1.82, 2.24) is 0 Å². The number of rotatable bonds is 15. The number of hydrogen-bond donors (Lipinski definition) is 2. The molecule has 0 aliphatic rings. The number of hydrogen-bond acceptors (Lipinski definition) is 4. The first kappa shape index (κ1) is 28.9. The lowest BCUT2D eigenvalue weighted by atomic mass is 10.0. The quantitative estimate of drug-likeness (QED) is 0.198. The lowest BCUT2D eigenvalue weighted by molar-refractivity contribution is -0.115. The van der Waals surface area contributed by atoms with E-state index in [0.29, 0.717) is 28.8 Å². The number of carbonyl (C=O) groups excluding carboxylic acids is 1. The molecule has 0 aromatic heterocycles. The van der Waals surface area contributed by atoms with E-state index >= 15 is 0 Å². The summed E-state index contributed by atoms with van der Waals surface area (Å²) in [6.07, 6.45) is 11.2. The van der Waals surface area contributed by atoms with Crippen LogP contribution < -0.4 is 5.32 Å². The Morgan fingerprint density at radius 2 is 1.40 bits per heavy atom. The van der Waals surface area contributed by atoms with Gasteiger partial charge >= 0.3 is 0 Å². The summed E-state index contributed by atoms with van der Waals surface area (Å²) < 4.78 is 26.7. The normalized spacial score (nSPS) is 12.5. The highest BCUT2D eigenvalue weighted by Gasteiger charge is 2.34. The van der Waals surface area contributed by atoms with Gasteiger partial charge in [0.15, 0.2) is 15.1 Å². The summed E-state index contributed by atoms with van der Waals surface area (Å²) in [5.74, 6) is -0.382. The van der Waals surface area contributed by atoms with Crippen molar-refractivity contribution < 1.29 is 18.3 Å². The molecule has 0 aliphatic heterocycles. The Balaban J connectivity index is 2.03. The van der Waals surface area contributed by atoms with Crippen LogP contribution in [-0.2, 0) is 14.6 Å². The fraction of sp³-hybridized carbons (Fsp3) is 0.552. The molecule has 1 amide bonds. The van der Waals surface area contributed by atoms with Crippen molar-refractivity contribution in [2.24, 2.45) is 0 Å². The molecular weight excluding hydrogens is 458 g/mol. The van der Waals surface area contributed by atoms with Crippen molar-refractivity contribution >= 4 is 21.4 Å².